The first-order chi connectivity index (χ1) is 9.63. The number of ether oxygens (including phenoxy) is 1. The molecule has 0 atom stereocenters. The first kappa shape index (κ1) is 17.8. The quantitative estimate of drug-likeness (QED) is 0.820. The molecule has 2 aromatic carbocycles. The minimum absolute atomic E-state index is 0. The molecule has 0 aliphatic rings. The summed E-state index contributed by atoms with van der Waals surface area (Å²) >= 11 is 5.85. The molecule has 1 N–H and O–H groups in total. The van der Waals surface area contributed by atoms with Gasteiger partial charge in [-0.2, -0.15) is 0 Å². The van der Waals surface area contributed by atoms with Crippen molar-refractivity contribution in [2.75, 3.05) is 0 Å². The molecule has 21 heavy (non-hydrogen) atoms. The van der Waals surface area contributed by atoms with Crippen molar-refractivity contribution in [3.05, 3.63) is 64.7 Å². The molecule has 0 unspecified atom stereocenters. The second kappa shape index (κ2) is 8.93. The molecule has 114 valence electrons. The number of nitrogens with one attached hydrogen (secondary N) is 1. The monoisotopic (exact) mass is 325 g/mol. The van der Waals surface area contributed by atoms with Gasteiger partial charge in [0.2, 0.25) is 0 Å². The largest absolute Gasteiger partial charge is 0.489 e. The van der Waals surface area contributed by atoms with Crippen LogP contribution in [0.1, 0.15) is 25.0 Å². The van der Waals surface area contributed by atoms with Gasteiger partial charge < -0.3 is 10.1 Å². The van der Waals surface area contributed by atoms with E-state index in [-0.39, 0.29) is 12.4 Å². The first-order valence-electron chi connectivity index (χ1n) is 6.83. The summed E-state index contributed by atoms with van der Waals surface area (Å²) in [7, 11) is 0. The van der Waals surface area contributed by atoms with E-state index in [1.807, 2.05) is 36.4 Å². The molecule has 0 fully saturated rings. The Hall–Kier alpha value is -1.22. The van der Waals surface area contributed by atoms with Crippen molar-refractivity contribution in [3.8, 4) is 5.75 Å². The topological polar surface area (TPSA) is 21.3 Å². The molecule has 0 heterocycles. The molecular weight excluding hydrogens is 305 g/mol. The van der Waals surface area contributed by atoms with Crippen LogP contribution in [0.15, 0.2) is 48.5 Å². The smallest absolute Gasteiger partial charge is 0.119 e. The van der Waals surface area contributed by atoms with Gasteiger partial charge in [-0.05, 0) is 35.4 Å². The summed E-state index contributed by atoms with van der Waals surface area (Å²) in [6.07, 6.45) is 0. The highest BCUT2D eigenvalue weighted by atomic mass is 35.5. The Kier molecular flexibility index (Phi) is 7.58. The first-order valence-corrected chi connectivity index (χ1v) is 7.21. The predicted octanol–water partition coefficient (Wildman–Crippen LogP) is 4.84. The van der Waals surface area contributed by atoms with Crippen LogP contribution >= 0.6 is 24.0 Å². The van der Waals surface area contributed by atoms with Crippen LogP contribution in [0.25, 0.3) is 0 Å². The molecule has 4 heteroatoms. The van der Waals surface area contributed by atoms with E-state index in [9.17, 15) is 0 Å². The number of benzene rings is 2. The van der Waals surface area contributed by atoms with Crippen molar-refractivity contribution in [2.45, 2.75) is 33.0 Å². The highest BCUT2D eigenvalue weighted by Crippen LogP contribution is 2.15. The minimum Gasteiger partial charge on any atom is -0.489 e. The van der Waals surface area contributed by atoms with Crippen molar-refractivity contribution < 1.29 is 4.74 Å². The molecule has 0 radical (unpaired) electrons. The molecule has 0 saturated carbocycles. The third-order valence-corrected chi connectivity index (χ3v) is 3.21. The molecule has 2 aromatic rings. The van der Waals surface area contributed by atoms with Crippen molar-refractivity contribution in [1.82, 2.24) is 5.32 Å². The number of hydrogen-bond donors (Lipinski definition) is 1. The Labute approximate surface area is 137 Å². The lowest BCUT2D eigenvalue weighted by atomic mass is 10.2. The summed E-state index contributed by atoms with van der Waals surface area (Å²) in [5, 5.41) is 4.14. The van der Waals surface area contributed by atoms with Gasteiger partial charge in [0.25, 0.3) is 0 Å². The average molecular weight is 326 g/mol. The van der Waals surface area contributed by atoms with Crippen molar-refractivity contribution in [2.24, 2.45) is 0 Å². The van der Waals surface area contributed by atoms with E-state index < -0.39 is 0 Å². The SMILES string of the molecule is CC(C)NCc1ccc(OCc2ccc(Cl)cc2)cc1.Cl. The fraction of sp³-hybridized carbons (Fsp3) is 0.294. The van der Waals surface area contributed by atoms with E-state index in [0.717, 1.165) is 22.9 Å². The van der Waals surface area contributed by atoms with Gasteiger partial charge in [0.15, 0.2) is 0 Å². The second-order valence-corrected chi connectivity index (χ2v) is 5.53. The van der Waals surface area contributed by atoms with E-state index in [0.29, 0.717) is 12.6 Å². The summed E-state index contributed by atoms with van der Waals surface area (Å²) in [5.74, 6) is 0.883. The summed E-state index contributed by atoms with van der Waals surface area (Å²) in [6, 6.07) is 16.4. The zero-order valence-corrected chi connectivity index (χ0v) is 13.9. The van der Waals surface area contributed by atoms with Crippen LogP contribution in [-0.2, 0) is 13.2 Å². The lowest BCUT2D eigenvalue weighted by Gasteiger charge is -2.10. The van der Waals surface area contributed by atoms with Crippen molar-refractivity contribution in [3.63, 3.8) is 0 Å². The molecule has 0 amide bonds. The van der Waals surface area contributed by atoms with Crippen LogP contribution in [0, 0.1) is 0 Å². The number of hydrogen-bond acceptors (Lipinski definition) is 2. The highest BCUT2D eigenvalue weighted by Gasteiger charge is 1.98. The van der Waals surface area contributed by atoms with Gasteiger partial charge in [-0.1, -0.05) is 49.7 Å². The summed E-state index contributed by atoms with van der Waals surface area (Å²) in [6.45, 7) is 5.73. The Bertz CT molecular complexity index is 523. The van der Waals surface area contributed by atoms with Gasteiger partial charge in [-0.15, -0.1) is 12.4 Å². The fourth-order valence-corrected chi connectivity index (χ4v) is 1.90. The van der Waals surface area contributed by atoms with Crippen LogP contribution in [0.5, 0.6) is 5.75 Å². The molecule has 0 spiro atoms. The predicted molar refractivity (Wildman–Crippen MR) is 91.4 cm³/mol. The van der Waals surface area contributed by atoms with E-state index >= 15 is 0 Å². The van der Waals surface area contributed by atoms with Crippen molar-refractivity contribution in [1.29, 1.82) is 0 Å². The molecule has 2 nitrogen and oxygen atoms in total. The van der Waals surface area contributed by atoms with E-state index in [1.54, 1.807) is 0 Å². The minimum atomic E-state index is 0. The molecule has 0 aliphatic heterocycles. The fourth-order valence-electron chi connectivity index (χ4n) is 1.77. The lowest BCUT2D eigenvalue weighted by Crippen LogP contribution is -2.21. The van der Waals surface area contributed by atoms with Gasteiger partial charge in [-0.3, -0.25) is 0 Å². The Morgan fingerprint density at radius 1 is 0.952 bits per heavy atom. The van der Waals surface area contributed by atoms with Crippen molar-refractivity contribution >= 4 is 24.0 Å². The maximum atomic E-state index is 5.85. The number of halogens is 2. The van der Waals surface area contributed by atoms with Crippen LogP contribution < -0.4 is 10.1 Å². The lowest BCUT2D eigenvalue weighted by molar-refractivity contribution is 0.306. The summed E-state index contributed by atoms with van der Waals surface area (Å²) < 4.78 is 5.75. The Morgan fingerprint density at radius 3 is 2.10 bits per heavy atom. The maximum absolute atomic E-state index is 5.85. The highest BCUT2D eigenvalue weighted by molar-refractivity contribution is 6.30. The van der Waals surface area contributed by atoms with Crippen LogP contribution in [0.2, 0.25) is 5.02 Å². The normalized spacial score (nSPS) is 10.3. The Morgan fingerprint density at radius 2 is 1.52 bits per heavy atom. The maximum Gasteiger partial charge on any atom is 0.119 e. The standard InChI is InChI=1S/C17H20ClNO.ClH/c1-13(2)19-11-14-5-9-17(10-6-14)20-12-15-3-7-16(18)8-4-15;/h3-10,13,19H,11-12H2,1-2H3;1H. The second-order valence-electron chi connectivity index (χ2n) is 5.09. The van der Waals surface area contributed by atoms with E-state index in [2.05, 4.69) is 31.3 Å². The van der Waals surface area contributed by atoms with Gasteiger partial charge in [0.1, 0.15) is 12.4 Å². The third-order valence-electron chi connectivity index (χ3n) is 2.96. The van der Waals surface area contributed by atoms with E-state index in [4.69, 9.17) is 16.3 Å². The molecule has 0 aliphatic carbocycles. The van der Waals surface area contributed by atoms with Gasteiger partial charge in [-0.25, -0.2) is 0 Å². The third kappa shape index (κ3) is 6.38. The van der Waals surface area contributed by atoms with E-state index in [1.165, 1.54) is 5.56 Å². The van der Waals surface area contributed by atoms with Crippen LogP contribution in [0.4, 0.5) is 0 Å². The Balaban J connectivity index is 0.00000220. The van der Waals surface area contributed by atoms with Gasteiger partial charge >= 0.3 is 0 Å². The summed E-state index contributed by atoms with van der Waals surface area (Å²) in [4.78, 5) is 0. The molecule has 2 rings (SSSR count). The molecule has 0 bridgehead atoms. The summed E-state index contributed by atoms with van der Waals surface area (Å²) in [5.41, 5.74) is 2.37. The number of rotatable bonds is 6. The molecule has 0 saturated heterocycles. The molecular formula is C17H21Cl2NO. The van der Waals surface area contributed by atoms with Crippen LogP contribution in [0.3, 0.4) is 0 Å². The molecule has 0 aromatic heterocycles. The average Bonchev–Trinajstić information content (AvgIpc) is 2.45. The van der Waals surface area contributed by atoms with Gasteiger partial charge in [0, 0.05) is 17.6 Å². The zero-order valence-electron chi connectivity index (χ0n) is 12.3. The van der Waals surface area contributed by atoms with Crippen LogP contribution in [-0.4, -0.2) is 6.04 Å². The zero-order chi connectivity index (χ0) is 14.4. The van der Waals surface area contributed by atoms with Gasteiger partial charge in [0.05, 0.1) is 0 Å².